The van der Waals surface area contributed by atoms with E-state index in [0.29, 0.717) is 19.5 Å². The van der Waals surface area contributed by atoms with Crippen LogP contribution in [-0.4, -0.2) is 30.9 Å². The monoisotopic (exact) mass is 220 g/mol. The number of H-pyrrole nitrogens is 1. The standard InChI is InChI=1S/C9H12N6O/c16-9(2-4-15-7-10-6-13-15)11-5-8-1-3-12-14-8/h1,3,6-7H,2,4-5H2,(H,11,16)(H,12,14). The molecule has 2 aromatic heterocycles. The number of nitrogens with one attached hydrogen (secondary N) is 2. The maximum atomic E-state index is 11.4. The largest absolute Gasteiger partial charge is 0.350 e. The molecule has 0 radical (unpaired) electrons. The Morgan fingerprint density at radius 1 is 1.56 bits per heavy atom. The van der Waals surface area contributed by atoms with Gasteiger partial charge in [0.1, 0.15) is 12.7 Å². The topological polar surface area (TPSA) is 88.5 Å². The first-order valence-corrected chi connectivity index (χ1v) is 4.92. The first kappa shape index (κ1) is 10.3. The van der Waals surface area contributed by atoms with Gasteiger partial charge in [0, 0.05) is 12.6 Å². The molecule has 0 spiro atoms. The minimum Gasteiger partial charge on any atom is -0.350 e. The highest BCUT2D eigenvalue weighted by Gasteiger charge is 2.02. The number of carbonyl (C=O) groups excluding carboxylic acids is 1. The Morgan fingerprint density at radius 2 is 2.50 bits per heavy atom. The van der Waals surface area contributed by atoms with Gasteiger partial charge in [0.2, 0.25) is 5.91 Å². The van der Waals surface area contributed by atoms with Crippen LogP contribution in [0.5, 0.6) is 0 Å². The van der Waals surface area contributed by atoms with Crippen LogP contribution in [0.2, 0.25) is 0 Å². The van der Waals surface area contributed by atoms with Crippen molar-refractivity contribution in [2.24, 2.45) is 0 Å². The highest BCUT2D eigenvalue weighted by Crippen LogP contribution is 1.92. The second-order valence-corrected chi connectivity index (χ2v) is 3.27. The van der Waals surface area contributed by atoms with Crippen molar-refractivity contribution in [3.8, 4) is 0 Å². The Balaban J connectivity index is 1.69. The summed E-state index contributed by atoms with van der Waals surface area (Å²) in [6, 6.07) is 1.82. The van der Waals surface area contributed by atoms with Crippen molar-refractivity contribution >= 4 is 5.91 Å². The molecule has 0 atom stereocenters. The molecule has 84 valence electrons. The molecule has 0 unspecified atom stereocenters. The fourth-order valence-electron chi connectivity index (χ4n) is 1.23. The Hall–Kier alpha value is -2.18. The van der Waals surface area contributed by atoms with Gasteiger partial charge in [-0.1, -0.05) is 0 Å². The first-order chi connectivity index (χ1) is 7.84. The van der Waals surface area contributed by atoms with Gasteiger partial charge in [-0.2, -0.15) is 10.2 Å². The molecule has 1 amide bonds. The van der Waals surface area contributed by atoms with E-state index >= 15 is 0 Å². The molecule has 2 rings (SSSR count). The summed E-state index contributed by atoms with van der Waals surface area (Å²) in [5, 5.41) is 13.2. The Bertz CT molecular complexity index is 381. The van der Waals surface area contributed by atoms with Gasteiger partial charge in [-0.15, -0.1) is 0 Å². The summed E-state index contributed by atoms with van der Waals surface area (Å²) in [5.74, 6) is -0.0231. The van der Waals surface area contributed by atoms with Crippen molar-refractivity contribution in [2.75, 3.05) is 0 Å². The third kappa shape index (κ3) is 2.91. The summed E-state index contributed by atoms with van der Waals surface area (Å²) < 4.78 is 1.62. The number of carbonyl (C=O) groups is 1. The predicted molar refractivity (Wildman–Crippen MR) is 55.1 cm³/mol. The summed E-state index contributed by atoms with van der Waals surface area (Å²) in [6.07, 6.45) is 5.07. The van der Waals surface area contributed by atoms with Crippen molar-refractivity contribution in [1.29, 1.82) is 0 Å². The molecular weight excluding hydrogens is 208 g/mol. The number of hydrogen-bond acceptors (Lipinski definition) is 4. The molecule has 0 bridgehead atoms. The van der Waals surface area contributed by atoms with Gasteiger partial charge in [0.25, 0.3) is 0 Å². The molecule has 7 nitrogen and oxygen atoms in total. The number of aromatic amines is 1. The fourth-order valence-corrected chi connectivity index (χ4v) is 1.23. The van der Waals surface area contributed by atoms with Crippen LogP contribution in [0.4, 0.5) is 0 Å². The molecule has 16 heavy (non-hydrogen) atoms. The van der Waals surface area contributed by atoms with E-state index in [0.717, 1.165) is 5.69 Å². The van der Waals surface area contributed by atoms with Crippen LogP contribution >= 0.6 is 0 Å². The third-order valence-corrected chi connectivity index (χ3v) is 2.07. The van der Waals surface area contributed by atoms with Crippen LogP contribution in [0.15, 0.2) is 24.9 Å². The quantitative estimate of drug-likeness (QED) is 0.724. The first-order valence-electron chi connectivity index (χ1n) is 4.92. The van der Waals surface area contributed by atoms with Crippen molar-refractivity contribution in [3.05, 3.63) is 30.6 Å². The van der Waals surface area contributed by atoms with E-state index in [1.54, 1.807) is 17.2 Å². The van der Waals surface area contributed by atoms with Gasteiger partial charge < -0.3 is 5.32 Å². The molecule has 0 aliphatic rings. The van der Waals surface area contributed by atoms with E-state index in [2.05, 4.69) is 25.6 Å². The molecule has 0 saturated heterocycles. The van der Waals surface area contributed by atoms with Crippen LogP contribution in [0.3, 0.4) is 0 Å². The molecule has 0 aromatic carbocycles. The van der Waals surface area contributed by atoms with Crippen LogP contribution in [0.25, 0.3) is 0 Å². The number of aromatic nitrogens is 5. The molecule has 7 heteroatoms. The fraction of sp³-hybridized carbons (Fsp3) is 0.333. The minimum absolute atomic E-state index is 0.0231. The number of aryl methyl sites for hydroxylation is 1. The lowest BCUT2D eigenvalue weighted by Crippen LogP contribution is -2.24. The maximum absolute atomic E-state index is 11.4. The SMILES string of the molecule is O=C(CCn1cncn1)NCc1ccn[nH]1. The van der Waals surface area contributed by atoms with Crippen LogP contribution in [0.1, 0.15) is 12.1 Å². The smallest absolute Gasteiger partial charge is 0.222 e. The summed E-state index contributed by atoms with van der Waals surface area (Å²) in [5.41, 5.74) is 0.883. The number of hydrogen-bond donors (Lipinski definition) is 2. The lowest BCUT2D eigenvalue weighted by Gasteiger charge is -2.03. The average Bonchev–Trinajstić information content (AvgIpc) is 2.96. The van der Waals surface area contributed by atoms with Gasteiger partial charge in [-0.05, 0) is 6.07 Å². The van der Waals surface area contributed by atoms with Crippen molar-refractivity contribution in [2.45, 2.75) is 19.5 Å². The molecule has 0 aliphatic heterocycles. The summed E-state index contributed by atoms with van der Waals surface area (Å²) in [6.45, 7) is 1.00. The molecule has 0 aliphatic carbocycles. The van der Waals surface area contributed by atoms with E-state index in [1.807, 2.05) is 6.07 Å². The Kier molecular flexibility index (Phi) is 3.27. The molecule has 0 fully saturated rings. The second-order valence-electron chi connectivity index (χ2n) is 3.27. The van der Waals surface area contributed by atoms with Crippen LogP contribution in [0, 0.1) is 0 Å². The molecule has 0 saturated carbocycles. The van der Waals surface area contributed by atoms with Crippen LogP contribution in [-0.2, 0) is 17.9 Å². The van der Waals surface area contributed by atoms with Crippen molar-refractivity contribution in [3.63, 3.8) is 0 Å². The summed E-state index contributed by atoms with van der Waals surface area (Å²) in [7, 11) is 0. The van der Waals surface area contributed by atoms with E-state index < -0.39 is 0 Å². The van der Waals surface area contributed by atoms with E-state index in [9.17, 15) is 4.79 Å². The third-order valence-electron chi connectivity index (χ3n) is 2.07. The number of nitrogens with zero attached hydrogens (tertiary/aromatic N) is 4. The summed E-state index contributed by atoms with van der Waals surface area (Å²) >= 11 is 0. The number of rotatable bonds is 5. The predicted octanol–water partition coefficient (Wildman–Crippen LogP) is -0.292. The maximum Gasteiger partial charge on any atom is 0.222 e. The van der Waals surface area contributed by atoms with Gasteiger partial charge >= 0.3 is 0 Å². The van der Waals surface area contributed by atoms with Gasteiger partial charge in [0.05, 0.1) is 18.8 Å². The summed E-state index contributed by atoms with van der Waals surface area (Å²) in [4.78, 5) is 15.2. The lowest BCUT2D eigenvalue weighted by molar-refractivity contribution is -0.121. The Labute approximate surface area is 91.9 Å². The zero-order valence-electron chi connectivity index (χ0n) is 8.63. The number of amides is 1. The zero-order valence-corrected chi connectivity index (χ0v) is 8.63. The normalized spacial score (nSPS) is 10.2. The molecule has 2 N–H and O–H groups in total. The van der Waals surface area contributed by atoms with E-state index in [1.165, 1.54) is 6.33 Å². The molecule has 2 heterocycles. The van der Waals surface area contributed by atoms with Crippen LogP contribution < -0.4 is 5.32 Å². The molecule has 2 aromatic rings. The highest BCUT2D eigenvalue weighted by atomic mass is 16.1. The lowest BCUT2D eigenvalue weighted by atomic mass is 10.3. The van der Waals surface area contributed by atoms with Gasteiger partial charge in [0.15, 0.2) is 0 Å². The van der Waals surface area contributed by atoms with Crippen molar-refractivity contribution < 1.29 is 4.79 Å². The van der Waals surface area contributed by atoms with E-state index in [4.69, 9.17) is 0 Å². The highest BCUT2D eigenvalue weighted by molar-refractivity contribution is 5.75. The van der Waals surface area contributed by atoms with Gasteiger partial charge in [-0.3, -0.25) is 14.6 Å². The van der Waals surface area contributed by atoms with Crippen molar-refractivity contribution in [1.82, 2.24) is 30.3 Å². The van der Waals surface area contributed by atoms with E-state index in [-0.39, 0.29) is 5.91 Å². The zero-order chi connectivity index (χ0) is 11.2. The minimum atomic E-state index is -0.0231. The Morgan fingerprint density at radius 3 is 3.19 bits per heavy atom. The average molecular weight is 220 g/mol. The molecular formula is C9H12N6O. The van der Waals surface area contributed by atoms with Gasteiger partial charge in [-0.25, -0.2) is 4.98 Å². The second kappa shape index (κ2) is 5.06.